The highest BCUT2D eigenvalue weighted by Gasteiger charge is 2.41. The molecule has 1 saturated carbocycles. The Morgan fingerprint density at radius 3 is 2.72 bits per heavy atom. The normalized spacial score (nSPS) is 21.2. The van der Waals surface area contributed by atoms with Crippen LogP contribution in [-0.2, 0) is 0 Å². The van der Waals surface area contributed by atoms with Gasteiger partial charge in [0.05, 0.1) is 22.4 Å². The molecule has 4 aromatic rings. The molecule has 6 N–H and O–H groups in total. The average molecular weight is 530 g/mol. The Morgan fingerprint density at radius 2 is 2.00 bits per heavy atom. The van der Waals surface area contributed by atoms with Crippen molar-refractivity contribution in [2.45, 2.75) is 24.7 Å². The van der Waals surface area contributed by atoms with Gasteiger partial charge in [0.25, 0.3) is 0 Å². The van der Waals surface area contributed by atoms with Gasteiger partial charge in [0.1, 0.15) is 22.4 Å². The number of fused-ring (bicyclic) bond motifs is 1. The van der Waals surface area contributed by atoms with Crippen LogP contribution in [0.3, 0.4) is 0 Å². The highest BCUT2D eigenvalue weighted by Crippen LogP contribution is 2.36. The number of hydrogen-bond acceptors (Lipinski definition) is 10. The predicted molar refractivity (Wildman–Crippen MR) is 136 cm³/mol. The molecular formula is C24H28ClN7O3S. The first-order chi connectivity index (χ1) is 16.9. The van der Waals surface area contributed by atoms with Crippen molar-refractivity contribution in [2.75, 3.05) is 36.2 Å². The van der Waals surface area contributed by atoms with Crippen LogP contribution < -0.4 is 32.9 Å². The van der Waals surface area contributed by atoms with Crippen molar-refractivity contribution in [2.24, 2.45) is 5.92 Å². The van der Waals surface area contributed by atoms with Gasteiger partial charge in [-0.25, -0.2) is 15.0 Å². The summed E-state index contributed by atoms with van der Waals surface area (Å²) in [4.78, 5) is 19.0. The number of thiazole rings is 1. The topological polar surface area (TPSA) is 141 Å². The van der Waals surface area contributed by atoms with E-state index in [0.29, 0.717) is 23.8 Å². The van der Waals surface area contributed by atoms with Gasteiger partial charge in [-0.2, -0.15) is 4.98 Å². The molecule has 5 rings (SSSR count). The number of aliphatic hydroxyl groups excluding tert-OH is 3. The van der Waals surface area contributed by atoms with Gasteiger partial charge in [0.2, 0.25) is 5.95 Å². The number of halogens is 1. The SMILES string of the molecule is CN(C)c1cccc(Nc2ncc(-c3nc4c[nH+]ccc4s3)c(N[C@@H]3C[C@H](CO)[C@@H](O)[C@H]3O)n2)c1.[Cl-]. The van der Waals surface area contributed by atoms with Gasteiger partial charge in [-0.3, -0.25) is 0 Å². The molecule has 0 bridgehead atoms. The van der Waals surface area contributed by atoms with E-state index in [-0.39, 0.29) is 19.0 Å². The second kappa shape index (κ2) is 10.9. The fourth-order valence-electron chi connectivity index (χ4n) is 4.26. The maximum atomic E-state index is 10.6. The molecule has 12 heteroatoms. The number of aliphatic hydroxyl groups is 3. The van der Waals surface area contributed by atoms with Crippen LogP contribution in [0, 0.1) is 5.92 Å². The second-order valence-electron chi connectivity index (χ2n) is 8.85. The van der Waals surface area contributed by atoms with Gasteiger partial charge in [-0.1, -0.05) is 6.07 Å². The summed E-state index contributed by atoms with van der Waals surface area (Å²) in [5.41, 5.74) is 3.39. The summed E-state index contributed by atoms with van der Waals surface area (Å²) >= 11 is 1.51. The first-order valence-electron chi connectivity index (χ1n) is 11.3. The molecule has 10 nitrogen and oxygen atoms in total. The lowest BCUT2D eigenvalue weighted by molar-refractivity contribution is -0.376. The zero-order chi connectivity index (χ0) is 24.5. The lowest BCUT2D eigenvalue weighted by Gasteiger charge is -2.20. The molecule has 4 atom stereocenters. The van der Waals surface area contributed by atoms with Gasteiger partial charge in [0, 0.05) is 50.3 Å². The van der Waals surface area contributed by atoms with Crippen molar-refractivity contribution < 1.29 is 32.7 Å². The number of aromatic amines is 1. The lowest BCUT2D eigenvalue weighted by atomic mass is 10.1. The largest absolute Gasteiger partial charge is 1.00 e. The van der Waals surface area contributed by atoms with Gasteiger partial charge < -0.3 is 43.3 Å². The smallest absolute Gasteiger partial charge is 0.229 e. The predicted octanol–water partition coefficient (Wildman–Crippen LogP) is -1.10. The van der Waals surface area contributed by atoms with E-state index in [1.54, 1.807) is 6.20 Å². The molecule has 0 aliphatic heterocycles. The van der Waals surface area contributed by atoms with Crippen LogP contribution in [0.2, 0.25) is 0 Å². The third-order valence-electron chi connectivity index (χ3n) is 6.23. The monoisotopic (exact) mass is 529 g/mol. The Labute approximate surface area is 218 Å². The van der Waals surface area contributed by atoms with Crippen LogP contribution in [0.1, 0.15) is 6.42 Å². The minimum atomic E-state index is -1.03. The number of aromatic nitrogens is 4. The lowest BCUT2D eigenvalue weighted by Crippen LogP contribution is -3.00. The van der Waals surface area contributed by atoms with E-state index in [0.717, 1.165) is 26.6 Å². The number of pyridine rings is 1. The first-order valence-corrected chi connectivity index (χ1v) is 12.2. The molecule has 36 heavy (non-hydrogen) atoms. The van der Waals surface area contributed by atoms with E-state index < -0.39 is 24.2 Å². The Hall–Kier alpha value is -3.09. The number of anilines is 4. The Morgan fingerprint density at radius 1 is 1.17 bits per heavy atom. The van der Waals surface area contributed by atoms with E-state index in [1.165, 1.54) is 11.3 Å². The fraction of sp³-hybridized carbons (Fsp3) is 0.333. The summed E-state index contributed by atoms with van der Waals surface area (Å²) < 4.78 is 1.02. The van der Waals surface area contributed by atoms with Crippen molar-refractivity contribution in [3.05, 3.63) is 48.9 Å². The van der Waals surface area contributed by atoms with Gasteiger partial charge >= 0.3 is 0 Å². The van der Waals surface area contributed by atoms with Crippen LogP contribution in [0.25, 0.3) is 20.8 Å². The second-order valence-corrected chi connectivity index (χ2v) is 9.88. The molecule has 0 radical (unpaired) electrons. The molecule has 0 saturated heterocycles. The molecule has 0 amide bonds. The molecule has 1 aliphatic rings. The highest BCUT2D eigenvalue weighted by molar-refractivity contribution is 7.21. The maximum absolute atomic E-state index is 10.6. The number of H-pyrrole nitrogens is 1. The van der Waals surface area contributed by atoms with Crippen molar-refractivity contribution in [1.29, 1.82) is 0 Å². The van der Waals surface area contributed by atoms with E-state index in [4.69, 9.17) is 9.97 Å². The Bertz CT molecular complexity index is 1310. The van der Waals surface area contributed by atoms with Crippen LogP contribution in [0.15, 0.2) is 48.9 Å². The molecule has 3 heterocycles. The van der Waals surface area contributed by atoms with Crippen molar-refractivity contribution in [1.82, 2.24) is 15.0 Å². The molecule has 3 aromatic heterocycles. The van der Waals surface area contributed by atoms with Crippen LogP contribution in [0.4, 0.5) is 23.1 Å². The average Bonchev–Trinajstić information content (AvgIpc) is 3.41. The third-order valence-corrected chi connectivity index (χ3v) is 7.30. The molecule has 1 aliphatic carbocycles. The quantitative estimate of drug-likeness (QED) is 0.202. The number of nitrogens with one attached hydrogen (secondary N) is 3. The van der Waals surface area contributed by atoms with Crippen LogP contribution in [-0.4, -0.2) is 69.2 Å². The van der Waals surface area contributed by atoms with Crippen LogP contribution >= 0.6 is 11.3 Å². The summed E-state index contributed by atoms with van der Waals surface area (Å²) in [5, 5.41) is 37.7. The minimum Gasteiger partial charge on any atom is -1.00 e. The third kappa shape index (κ3) is 5.20. The summed E-state index contributed by atoms with van der Waals surface area (Å²) in [6.45, 7) is -0.198. The standard InChI is InChI=1S/C24H27N7O3S.ClH/c1-31(2)15-5-3-4-14(9-15)27-24-26-10-16(23-29-18-11-25-7-6-19(18)35-23)22(30-24)28-17-8-13(12-32)20(33)21(17)34;/h3-7,9-11,13,17,20-21,32-34H,8,12H2,1-2H3,(H2,26,27,28,30);1H/t13-,17-,20-,21+;/m1./s1. The summed E-state index contributed by atoms with van der Waals surface area (Å²) in [6.07, 6.45) is 3.75. The van der Waals surface area contributed by atoms with Crippen molar-refractivity contribution in [3.8, 4) is 10.6 Å². The van der Waals surface area contributed by atoms with Crippen LogP contribution in [0.5, 0.6) is 0 Å². The van der Waals surface area contributed by atoms with Crippen molar-refractivity contribution in [3.63, 3.8) is 0 Å². The Kier molecular flexibility index (Phi) is 7.86. The van der Waals surface area contributed by atoms with Gasteiger partial charge in [-0.15, -0.1) is 11.3 Å². The molecule has 190 valence electrons. The summed E-state index contributed by atoms with van der Waals surface area (Å²) in [5.74, 6) is 0.467. The number of rotatable bonds is 7. The maximum Gasteiger partial charge on any atom is 0.229 e. The minimum absolute atomic E-state index is 0. The summed E-state index contributed by atoms with van der Waals surface area (Å²) in [7, 11) is 3.95. The van der Waals surface area contributed by atoms with E-state index >= 15 is 0 Å². The highest BCUT2D eigenvalue weighted by atomic mass is 35.5. The molecule has 1 aromatic carbocycles. The molecular weight excluding hydrogens is 502 g/mol. The Balaban J connectivity index is 0.00000304. The van der Waals surface area contributed by atoms with E-state index in [2.05, 4.69) is 20.6 Å². The van der Waals surface area contributed by atoms with Gasteiger partial charge in [0.15, 0.2) is 12.4 Å². The zero-order valence-electron chi connectivity index (χ0n) is 19.8. The van der Waals surface area contributed by atoms with E-state index in [9.17, 15) is 15.3 Å². The summed E-state index contributed by atoms with van der Waals surface area (Å²) in [6, 6.07) is 9.37. The zero-order valence-corrected chi connectivity index (χ0v) is 21.3. The molecule has 0 unspecified atom stereocenters. The number of nitrogens with zero attached hydrogens (tertiary/aromatic N) is 4. The van der Waals surface area contributed by atoms with E-state index in [1.807, 2.05) is 61.7 Å². The first kappa shape index (κ1) is 26.0. The molecule has 0 spiro atoms. The number of benzene rings is 1. The van der Waals surface area contributed by atoms with Crippen molar-refractivity contribution >= 4 is 44.7 Å². The fourth-order valence-corrected chi connectivity index (χ4v) is 5.21. The molecule has 1 fully saturated rings. The number of hydrogen-bond donors (Lipinski definition) is 5. The van der Waals surface area contributed by atoms with Gasteiger partial charge in [-0.05, 0) is 24.6 Å².